The lowest BCUT2D eigenvalue weighted by Crippen LogP contribution is -2.50. The normalized spacial score (nSPS) is 17.6. The van der Waals surface area contributed by atoms with Crippen LogP contribution in [0.1, 0.15) is 65.9 Å². The number of likely N-dealkylation sites (tertiary alicyclic amines) is 1. The van der Waals surface area contributed by atoms with Crippen molar-refractivity contribution >= 4 is 18.1 Å². The summed E-state index contributed by atoms with van der Waals surface area (Å²) in [5.74, 6) is -0.0111. The number of carbonyl (C=O) groups excluding carboxylic acids is 3. The molecule has 1 unspecified atom stereocenters. The highest BCUT2D eigenvalue weighted by Gasteiger charge is 2.28. The van der Waals surface area contributed by atoms with Gasteiger partial charge in [0.05, 0.1) is 0 Å². The molecule has 1 fully saturated rings. The fraction of sp³-hybridized carbons (Fsp3) is 0.640. The molecule has 2 atom stereocenters. The fourth-order valence-electron chi connectivity index (χ4n) is 3.66. The second kappa shape index (κ2) is 12.5. The predicted molar refractivity (Wildman–Crippen MR) is 127 cm³/mol. The molecule has 3 amide bonds. The van der Waals surface area contributed by atoms with Crippen molar-refractivity contribution in [3.8, 4) is 0 Å². The number of ether oxygens (including phenoxy) is 2. The number of rotatable bonds is 7. The number of nitrogens with one attached hydrogen (secondary N) is 2. The third-order valence-corrected chi connectivity index (χ3v) is 5.25. The third-order valence-electron chi connectivity index (χ3n) is 5.25. The summed E-state index contributed by atoms with van der Waals surface area (Å²) in [6.07, 6.45) is 1.73. The molecule has 0 aromatic heterocycles. The third kappa shape index (κ3) is 10.1. The van der Waals surface area contributed by atoms with E-state index in [1.54, 1.807) is 4.90 Å². The van der Waals surface area contributed by atoms with Gasteiger partial charge in [0, 0.05) is 19.1 Å². The van der Waals surface area contributed by atoms with Gasteiger partial charge in [0.2, 0.25) is 5.91 Å². The first kappa shape index (κ1) is 26.5. The van der Waals surface area contributed by atoms with Crippen molar-refractivity contribution in [1.82, 2.24) is 15.5 Å². The molecule has 1 aromatic carbocycles. The smallest absolute Gasteiger partial charge is 0.410 e. The fourth-order valence-corrected chi connectivity index (χ4v) is 3.66. The minimum atomic E-state index is -0.682. The maximum absolute atomic E-state index is 13.0. The van der Waals surface area contributed by atoms with Crippen LogP contribution in [0.2, 0.25) is 0 Å². The summed E-state index contributed by atoms with van der Waals surface area (Å²) in [4.78, 5) is 39.4. The molecule has 0 spiro atoms. The summed E-state index contributed by atoms with van der Waals surface area (Å²) in [5, 5.41) is 5.78. The van der Waals surface area contributed by atoms with Crippen molar-refractivity contribution in [2.24, 2.45) is 5.92 Å². The maximum Gasteiger partial charge on any atom is 0.410 e. The van der Waals surface area contributed by atoms with E-state index in [1.807, 2.05) is 65.0 Å². The van der Waals surface area contributed by atoms with Crippen LogP contribution in [0.5, 0.6) is 0 Å². The van der Waals surface area contributed by atoms with E-state index in [-0.39, 0.29) is 30.6 Å². The zero-order chi connectivity index (χ0) is 24.4. The van der Waals surface area contributed by atoms with Gasteiger partial charge < -0.3 is 25.0 Å². The highest BCUT2D eigenvalue weighted by atomic mass is 16.6. The van der Waals surface area contributed by atoms with Crippen LogP contribution in [0.4, 0.5) is 9.59 Å². The predicted octanol–water partition coefficient (Wildman–Crippen LogP) is 4.23. The minimum Gasteiger partial charge on any atom is -0.445 e. The van der Waals surface area contributed by atoms with Crippen LogP contribution in [-0.4, -0.2) is 53.8 Å². The Labute approximate surface area is 197 Å². The molecule has 1 aliphatic rings. The van der Waals surface area contributed by atoms with Crippen molar-refractivity contribution in [2.75, 3.05) is 13.1 Å². The Morgan fingerprint density at radius 1 is 1.09 bits per heavy atom. The summed E-state index contributed by atoms with van der Waals surface area (Å²) < 4.78 is 10.8. The second-order valence-electron chi connectivity index (χ2n) is 9.99. The van der Waals surface area contributed by atoms with E-state index in [4.69, 9.17) is 9.47 Å². The van der Waals surface area contributed by atoms with E-state index < -0.39 is 17.7 Å². The van der Waals surface area contributed by atoms with Gasteiger partial charge in [-0.3, -0.25) is 4.79 Å². The van der Waals surface area contributed by atoms with Crippen molar-refractivity contribution in [1.29, 1.82) is 0 Å². The number of hydrogen-bond acceptors (Lipinski definition) is 5. The molecule has 184 valence electrons. The molecule has 0 saturated carbocycles. The SMILES string of the molecule is CC(C)C[C@H](NC(=O)OCc1ccccc1)C(=O)NC1CCCN(C(=O)OC(C)(C)C)CC1. The Morgan fingerprint density at radius 2 is 1.79 bits per heavy atom. The van der Waals surface area contributed by atoms with Gasteiger partial charge in [-0.15, -0.1) is 0 Å². The van der Waals surface area contributed by atoms with Crippen LogP contribution < -0.4 is 10.6 Å². The molecule has 1 aromatic rings. The standard InChI is InChI=1S/C25H39N3O5/c1-18(2)16-21(27-23(30)32-17-19-10-7-6-8-11-19)22(29)26-20-12-9-14-28(15-13-20)24(31)33-25(3,4)5/h6-8,10-11,18,20-21H,9,12-17H2,1-5H3,(H,26,29)(H,27,30)/t20?,21-/m0/s1. The van der Waals surface area contributed by atoms with E-state index in [9.17, 15) is 14.4 Å². The molecule has 8 heteroatoms. The molecule has 8 nitrogen and oxygen atoms in total. The van der Waals surface area contributed by atoms with Crippen LogP contribution in [0.15, 0.2) is 30.3 Å². The summed E-state index contributed by atoms with van der Waals surface area (Å²) in [7, 11) is 0. The van der Waals surface area contributed by atoms with Gasteiger partial charge in [0.1, 0.15) is 18.2 Å². The zero-order valence-corrected chi connectivity index (χ0v) is 20.6. The van der Waals surface area contributed by atoms with Crippen molar-refractivity contribution in [2.45, 2.75) is 84.6 Å². The van der Waals surface area contributed by atoms with Gasteiger partial charge >= 0.3 is 12.2 Å². The van der Waals surface area contributed by atoms with Crippen LogP contribution in [0.3, 0.4) is 0 Å². The monoisotopic (exact) mass is 461 g/mol. The van der Waals surface area contributed by atoms with E-state index >= 15 is 0 Å². The van der Waals surface area contributed by atoms with Crippen LogP contribution in [0.25, 0.3) is 0 Å². The minimum absolute atomic E-state index is 0.0678. The Morgan fingerprint density at radius 3 is 2.42 bits per heavy atom. The summed E-state index contributed by atoms with van der Waals surface area (Å²) >= 11 is 0. The molecule has 1 heterocycles. The lowest BCUT2D eigenvalue weighted by molar-refractivity contribution is -0.124. The lowest BCUT2D eigenvalue weighted by atomic mass is 10.0. The van der Waals surface area contributed by atoms with Crippen LogP contribution in [0, 0.1) is 5.92 Å². The molecule has 0 aliphatic carbocycles. The Kier molecular flexibility index (Phi) is 10.0. The van der Waals surface area contributed by atoms with Crippen LogP contribution in [-0.2, 0) is 20.9 Å². The van der Waals surface area contributed by atoms with E-state index in [0.717, 1.165) is 18.4 Å². The van der Waals surface area contributed by atoms with Gasteiger partial charge in [-0.1, -0.05) is 44.2 Å². The molecular weight excluding hydrogens is 422 g/mol. The molecule has 1 saturated heterocycles. The van der Waals surface area contributed by atoms with Gasteiger partial charge in [0.15, 0.2) is 0 Å². The summed E-state index contributed by atoms with van der Waals surface area (Å²) in [6, 6.07) is 8.65. The van der Waals surface area contributed by atoms with E-state index in [2.05, 4.69) is 10.6 Å². The molecule has 0 bridgehead atoms. The van der Waals surface area contributed by atoms with E-state index in [0.29, 0.717) is 25.9 Å². The Bertz CT molecular complexity index is 776. The topological polar surface area (TPSA) is 97.0 Å². The first-order valence-electron chi connectivity index (χ1n) is 11.8. The van der Waals surface area contributed by atoms with Crippen molar-refractivity contribution in [3.63, 3.8) is 0 Å². The first-order valence-corrected chi connectivity index (χ1v) is 11.8. The van der Waals surface area contributed by atoms with Gasteiger partial charge in [0.25, 0.3) is 0 Å². The highest BCUT2D eigenvalue weighted by Crippen LogP contribution is 2.16. The molecule has 2 N–H and O–H groups in total. The van der Waals surface area contributed by atoms with Gasteiger partial charge in [-0.2, -0.15) is 0 Å². The number of nitrogens with zero attached hydrogens (tertiary/aromatic N) is 1. The average Bonchev–Trinajstić information content (AvgIpc) is 2.96. The zero-order valence-electron chi connectivity index (χ0n) is 20.6. The molecule has 33 heavy (non-hydrogen) atoms. The second-order valence-corrected chi connectivity index (χ2v) is 9.99. The molecular formula is C25H39N3O5. The highest BCUT2D eigenvalue weighted by molar-refractivity contribution is 5.85. The van der Waals surface area contributed by atoms with E-state index in [1.165, 1.54) is 0 Å². The van der Waals surface area contributed by atoms with Gasteiger partial charge in [-0.05, 0) is 57.9 Å². The first-order chi connectivity index (χ1) is 15.5. The number of alkyl carbamates (subject to hydrolysis) is 1. The van der Waals surface area contributed by atoms with Crippen LogP contribution >= 0.6 is 0 Å². The summed E-state index contributed by atoms with van der Waals surface area (Å²) in [5.41, 5.74) is 0.340. The quantitative estimate of drug-likeness (QED) is 0.633. The average molecular weight is 462 g/mol. The Balaban J connectivity index is 1.88. The lowest BCUT2D eigenvalue weighted by Gasteiger charge is -2.26. The summed E-state index contributed by atoms with van der Waals surface area (Å²) in [6.45, 7) is 10.8. The van der Waals surface area contributed by atoms with Crippen molar-refractivity contribution < 1.29 is 23.9 Å². The molecule has 1 aliphatic heterocycles. The van der Waals surface area contributed by atoms with Gasteiger partial charge in [-0.25, -0.2) is 9.59 Å². The largest absolute Gasteiger partial charge is 0.445 e. The van der Waals surface area contributed by atoms with Crippen molar-refractivity contribution in [3.05, 3.63) is 35.9 Å². The number of benzene rings is 1. The number of carbonyl (C=O) groups is 3. The number of amides is 3. The number of hydrogen-bond donors (Lipinski definition) is 2. The Hall–Kier alpha value is -2.77. The molecule has 2 rings (SSSR count). The molecule has 0 radical (unpaired) electrons. The maximum atomic E-state index is 13.0.